The molecule has 0 spiro atoms. The average Bonchev–Trinajstić information content (AvgIpc) is 3.33. The molecule has 1 fully saturated rings. The monoisotopic (exact) mass is 610 g/mol. The van der Waals surface area contributed by atoms with Gasteiger partial charge in [0, 0.05) is 29.7 Å². The molecule has 222 valence electrons. The number of nitrogen functional groups attached to an aromatic ring is 1. The van der Waals surface area contributed by atoms with Crippen LogP contribution in [0, 0.1) is 22.7 Å². The van der Waals surface area contributed by atoms with Gasteiger partial charge in [0.15, 0.2) is 0 Å². The van der Waals surface area contributed by atoms with Gasteiger partial charge in [-0.15, -0.1) is 0 Å². The number of carbonyl (C=O) groups excluding carboxylic acids is 2. The quantitative estimate of drug-likeness (QED) is 0.315. The predicted octanol–water partition coefficient (Wildman–Crippen LogP) is 3.75. The summed E-state index contributed by atoms with van der Waals surface area (Å²) in [5.74, 6) is -1.23. The highest BCUT2D eigenvalue weighted by Crippen LogP contribution is 2.35. The molecule has 0 aliphatic carbocycles. The van der Waals surface area contributed by atoms with Crippen molar-refractivity contribution in [2.24, 2.45) is 11.3 Å². The summed E-state index contributed by atoms with van der Waals surface area (Å²) in [4.78, 5) is 32.9. The minimum absolute atomic E-state index is 0.00845. The Labute approximate surface area is 251 Å². The highest BCUT2D eigenvalue weighted by atomic mass is 35.5. The number of rotatable bonds is 10. The molecule has 1 aliphatic rings. The zero-order valence-electron chi connectivity index (χ0n) is 23.8. The number of aromatic nitrogens is 1. The van der Waals surface area contributed by atoms with Gasteiger partial charge in [-0.1, -0.05) is 56.1 Å². The van der Waals surface area contributed by atoms with E-state index >= 15 is 0 Å². The molecule has 1 aliphatic heterocycles. The molecule has 12 heteroatoms. The molecule has 1 saturated heterocycles. The van der Waals surface area contributed by atoms with E-state index < -0.39 is 39.3 Å². The van der Waals surface area contributed by atoms with Gasteiger partial charge in [0.2, 0.25) is 21.8 Å². The number of carbonyl (C=O) groups is 2. The molecule has 3 aromatic rings. The van der Waals surface area contributed by atoms with Gasteiger partial charge >= 0.3 is 0 Å². The third-order valence-corrected chi connectivity index (χ3v) is 9.36. The van der Waals surface area contributed by atoms with E-state index in [1.54, 1.807) is 44.3 Å². The number of hydrogen-bond acceptors (Lipinski definition) is 7. The number of nitrogens with zero attached hydrogens (tertiary/aromatic N) is 3. The van der Waals surface area contributed by atoms with E-state index in [2.05, 4.69) is 21.1 Å². The average molecular weight is 611 g/mol. The van der Waals surface area contributed by atoms with Crippen LogP contribution in [0.3, 0.4) is 0 Å². The highest BCUT2D eigenvalue weighted by molar-refractivity contribution is 7.88. The number of hydrogen-bond donors (Lipinski definition) is 3. The molecule has 4 N–H and O–H groups in total. The Bertz CT molecular complexity index is 1620. The Hall–Kier alpha value is -3.72. The molecule has 4 rings (SSSR count). The molecule has 2 amide bonds. The molecule has 10 nitrogen and oxygen atoms in total. The van der Waals surface area contributed by atoms with Crippen LogP contribution >= 0.6 is 11.6 Å². The summed E-state index contributed by atoms with van der Waals surface area (Å²) in [6.45, 7) is 5.55. The first-order chi connectivity index (χ1) is 19.8. The van der Waals surface area contributed by atoms with E-state index in [9.17, 15) is 23.3 Å². The lowest BCUT2D eigenvalue weighted by Crippen LogP contribution is -2.55. The number of nitrogens with one attached hydrogen (secondary N) is 2. The van der Waals surface area contributed by atoms with Crippen molar-refractivity contribution >= 4 is 50.0 Å². The predicted molar refractivity (Wildman–Crippen MR) is 162 cm³/mol. The number of pyridine rings is 1. The fourth-order valence-electron chi connectivity index (χ4n) is 5.16. The van der Waals surface area contributed by atoms with E-state index in [1.807, 2.05) is 31.2 Å². The Morgan fingerprint density at radius 2 is 1.90 bits per heavy atom. The summed E-state index contributed by atoms with van der Waals surface area (Å²) in [5, 5.41) is 14.9. The van der Waals surface area contributed by atoms with Crippen LogP contribution in [0.15, 0.2) is 54.7 Å². The molecule has 0 bridgehead atoms. The number of fused-ring (bicyclic) bond motifs is 1. The third-order valence-electron chi connectivity index (χ3n) is 7.78. The number of nitrogens with two attached hydrogens (primary N) is 1. The molecule has 4 atom stereocenters. The fourth-order valence-corrected chi connectivity index (χ4v) is 6.72. The Morgan fingerprint density at radius 3 is 2.57 bits per heavy atom. The van der Waals surface area contributed by atoms with Gasteiger partial charge in [-0.2, -0.15) is 5.26 Å². The second-order valence-corrected chi connectivity index (χ2v) is 13.4. The molecular formula is C30H35ClN6O4S. The van der Waals surface area contributed by atoms with Crippen LogP contribution in [0.5, 0.6) is 0 Å². The first kappa shape index (κ1) is 31.2. The first-order valence-corrected chi connectivity index (χ1v) is 15.7. The molecule has 0 radical (unpaired) electrons. The van der Waals surface area contributed by atoms with Crippen molar-refractivity contribution in [3.8, 4) is 6.07 Å². The molecule has 0 unspecified atom stereocenters. The number of likely N-dealkylation sites (tertiary alicyclic amines) is 1. The van der Waals surface area contributed by atoms with Crippen LogP contribution in [0.25, 0.3) is 10.8 Å². The van der Waals surface area contributed by atoms with Gasteiger partial charge in [-0.25, -0.2) is 18.1 Å². The second kappa shape index (κ2) is 12.7. The van der Waals surface area contributed by atoms with Gasteiger partial charge in [0.05, 0.1) is 17.2 Å². The number of halogens is 1. The second-order valence-electron chi connectivity index (χ2n) is 11.2. The van der Waals surface area contributed by atoms with Crippen molar-refractivity contribution in [3.05, 3.63) is 70.9 Å². The lowest BCUT2D eigenvalue weighted by molar-refractivity contribution is -0.140. The normalized spacial score (nSPS) is 20.2. The van der Waals surface area contributed by atoms with Gasteiger partial charge in [-0.05, 0) is 60.0 Å². The first-order valence-electron chi connectivity index (χ1n) is 13.7. The maximum absolute atomic E-state index is 14.0. The van der Waals surface area contributed by atoms with Gasteiger partial charge in [0.1, 0.15) is 17.9 Å². The van der Waals surface area contributed by atoms with E-state index in [-0.39, 0.29) is 31.2 Å². The van der Waals surface area contributed by atoms with Crippen LogP contribution in [-0.2, 0) is 31.9 Å². The maximum atomic E-state index is 14.0. The van der Waals surface area contributed by atoms with Crippen LogP contribution < -0.4 is 15.8 Å². The van der Waals surface area contributed by atoms with Crippen LogP contribution in [-0.4, -0.2) is 48.7 Å². The summed E-state index contributed by atoms with van der Waals surface area (Å²) in [7, 11) is -3.94. The number of nitriles is 1. The smallest absolute Gasteiger partial charge is 0.243 e. The summed E-state index contributed by atoms with van der Waals surface area (Å²) < 4.78 is 28.9. The molecule has 42 heavy (non-hydrogen) atoms. The van der Waals surface area contributed by atoms with E-state index in [1.165, 1.54) is 4.90 Å². The summed E-state index contributed by atoms with van der Waals surface area (Å²) in [6, 6.07) is 14.0. The van der Waals surface area contributed by atoms with Crippen LogP contribution in [0.4, 0.5) is 5.82 Å². The SMILES string of the molecule is CC[C@@H](C)[C@@H](NS(=O)(=O)Cc1ccc(Cl)cc1)C(=O)N1C[C@@](C)(C#N)C[C@H]1C(=O)NCc1ccc2c(N)nccc2c1. The lowest BCUT2D eigenvalue weighted by atomic mass is 9.90. The summed E-state index contributed by atoms with van der Waals surface area (Å²) >= 11 is 5.92. The topological polar surface area (TPSA) is 158 Å². The minimum atomic E-state index is -3.94. The Kier molecular flexibility index (Phi) is 9.40. The zero-order valence-corrected chi connectivity index (χ0v) is 25.4. The number of benzene rings is 2. The van der Waals surface area contributed by atoms with Gasteiger partial charge in [0.25, 0.3) is 0 Å². The van der Waals surface area contributed by atoms with Crippen molar-refractivity contribution in [1.82, 2.24) is 19.9 Å². The van der Waals surface area contributed by atoms with Gasteiger partial charge < -0.3 is 16.0 Å². The Balaban J connectivity index is 1.53. The van der Waals surface area contributed by atoms with Crippen molar-refractivity contribution < 1.29 is 18.0 Å². The zero-order chi connectivity index (χ0) is 30.7. The van der Waals surface area contributed by atoms with E-state index in [0.29, 0.717) is 22.8 Å². The maximum Gasteiger partial charge on any atom is 0.243 e. The van der Waals surface area contributed by atoms with Crippen LogP contribution in [0.2, 0.25) is 5.02 Å². The fraction of sp³-hybridized carbons (Fsp3) is 0.400. The van der Waals surface area contributed by atoms with Crippen molar-refractivity contribution in [2.75, 3.05) is 12.3 Å². The summed E-state index contributed by atoms with van der Waals surface area (Å²) in [5.41, 5.74) is 6.32. The Morgan fingerprint density at radius 1 is 1.21 bits per heavy atom. The van der Waals surface area contributed by atoms with Gasteiger partial charge in [-0.3, -0.25) is 9.59 Å². The molecule has 0 saturated carbocycles. The molecule has 2 aromatic carbocycles. The van der Waals surface area contributed by atoms with Crippen molar-refractivity contribution in [1.29, 1.82) is 5.26 Å². The van der Waals surface area contributed by atoms with Crippen molar-refractivity contribution in [3.63, 3.8) is 0 Å². The van der Waals surface area contributed by atoms with Crippen molar-refractivity contribution in [2.45, 2.75) is 58.0 Å². The lowest BCUT2D eigenvalue weighted by Gasteiger charge is -2.31. The van der Waals surface area contributed by atoms with E-state index in [4.69, 9.17) is 17.3 Å². The van der Waals surface area contributed by atoms with E-state index in [0.717, 1.165) is 16.3 Å². The summed E-state index contributed by atoms with van der Waals surface area (Å²) in [6.07, 6.45) is 2.26. The minimum Gasteiger partial charge on any atom is -0.383 e. The highest BCUT2D eigenvalue weighted by Gasteiger charge is 2.48. The third kappa shape index (κ3) is 7.18. The standard InChI is InChI=1S/C30H35ClN6O4S/c1-4-19(2)26(36-42(40,41)16-20-5-8-23(31)9-6-20)29(39)37-18-30(3,17-32)14-25(37)28(38)35-15-21-7-10-24-22(13-21)11-12-34-27(24)33/h5-13,19,25-26,36H,4,14-16,18H2,1-3H3,(H2,33,34)(H,35,38)/t19-,25+,26-,30-/m1/s1. The molecule has 1 aromatic heterocycles. The largest absolute Gasteiger partial charge is 0.383 e. The van der Waals surface area contributed by atoms with Crippen LogP contribution in [0.1, 0.15) is 44.7 Å². The molecule has 2 heterocycles. The molecular weight excluding hydrogens is 576 g/mol. The number of anilines is 1. The number of sulfonamides is 1. The number of amides is 2.